The van der Waals surface area contributed by atoms with E-state index in [0.29, 0.717) is 11.3 Å². The second-order valence-electron chi connectivity index (χ2n) is 5.51. The predicted molar refractivity (Wildman–Crippen MR) is 92.6 cm³/mol. The molecule has 132 valence electrons. The minimum absolute atomic E-state index is 0.0121. The third-order valence-corrected chi connectivity index (χ3v) is 3.52. The van der Waals surface area contributed by atoms with Crippen LogP contribution in [0.15, 0.2) is 60.8 Å². The van der Waals surface area contributed by atoms with Crippen LogP contribution < -0.4 is 10.6 Å². The van der Waals surface area contributed by atoms with E-state index in [2.05, 4.69) is 15.6 Å². The van der Waals surface area contributed by atoms with Crippen LogP contribution in [-0.2, 0) is 11.2 Å². The summed E-state index contributed by atoms with van der Waals surface area (Å²) in [6.07, 6.45) is 1.36. The molecule has 0 atom stereocenters. The van der Waals surface area contributed by atoms with Crippen LogP contribution in [0.5, 0.6) is 0 Å². The molecule has 0 aliphatic heterocycles. The lowest BCUT2D eigenvalue weighted by molar-refractivity contribution is -0.115. The van der Waals surface area contributed by atoms with Gasteiger partial charge >= 0.3 is 0 Å². The van der Waals surface area contributed by atoms with Crippen molar-refractivity contribution in [1.82, 2.24) is 4.98 Å². The Balaban J connectivity index is 1.63. The van der Waals surface area contributed by atoms with E-state index in [1.807, 2.05) is 0 Å². The highest BCUT2D eigenvalue weighted by Gasteiger charge is 2.09. The highest BCUT2D eigenvalue weighted by molar-refractivity contribution is 5.92. The standard InChI is InChI=1S/C19H14F3N3O/c20-13-4-1-3-12(9-13)10-18(26)24-14-7-8-17(23-11-14)25-19-15(21)5-2-6-16(19)22/h1-9,11H,10H2,(H,23,25)(H,24,26). The third kappa shape index (κ3) is 4.38. The molecule has 1 heterocycles. The molecule has 26 heavy (non-hydrogen) atoms. The molecule has 0 aliphatic rings. The lowest BCUT2D eigenvalue weighted by Crippen LogP contribution is -2.14. The number of amides is 1. The van der Waals surface area contributed by atoms with Crippen LogP contribution in [0.2, 0.25) is 0 Å². The Hall–Kier alpha value is -3.35. The molecule has 1 amide bonds. The first-order valence-corrected chi connectivity index (χ1v) is 7.72. The van der Waals surface area contributed by atoms with Crippen LogP contribution >= 0.6 is 0 Å². The number of hydrogen-bond donors (Lipinski definition) is 2. The minimum atomic E-state index is -0.737. The van der Waals surface area contributed by atoms with Crippen molar-refractivity contribution >= 4 is 23.1 Å². The first-order valence-electron chi connectivity index (χ1n) is 7.72. The Morgan fingerprint density at radius 1 is 0.962 bits per heavy atom. The van der Waals surface area contributed by atoms with Crippen LogP contribution in [0.25, 0.3) is 0 Å². The molecule has 2 N–H and O–H groups in total. The van der Waals surface area contributed by atoms with Gasteiger partial charge in [-0.05, 0) is 42.0 Å². The lowest BCUT2D eigenvalue weighted by Gasteiger charge is -2.09. The molecular formula is C19H14F3N3O. The van der Waals surface area contributed by atoms with Gasteiger partial charge in [0.25, 0.3) is 0 Å². The number of nitrogens with one attached hydrogen (secondary N) is 2. The van der Waals surface area contributed by atoms with Crippen molar-refractivity contribution in [2.24, 2.45) is 0 Å². The maximum absolute atomic E-state index is 13.6. The number of pyridine rings is 1. The summed E-state index contributed by atoms with van der Waals surface area (Å²) < 4.78 is 40.3. The number of benzene rings is 2. The fourth-order valence-electron chi connectivity index (χ4n) is 2.32. The van der Waals surface area contributed by atoms with Crippen molar-refractivity contribution in [3.05, 3.63) is 83.8 Å². The van der Waals surface area contributed by atoms with Crippen molar-refractivity contribution < 1.29 is 18.0 Å². The molecule has 0 unspecified atom stereocenters. The lowest BCUT2D eigenvalue weighted by atomic mass is 10.1. The van der Waals surface area contributed by atoms with Crippen molar-refractivity contribution in [3.8, 4) is 0 Å². The first kappa shape index (κ1) is 17.5. The number of aromatic nitrogens is 1. The van der Waals surface area contributed by atoms with Gasteiger partial charge in [0.15, 0.2) is 0 Å². The number of carbonyl (C=O) groups excluding carboxylic acids is 1. The molecule has 0 bridgehead atoms. The molecule has 0 fully saturated rings. The Kier molecular flexibility index (Phi) is 5.17. The molecule has 0 radical (unpaired) electrons. The second kappa shape index (κ2) is 7.69. The minimum Gasteiger partial charge on any atom is -0.335 e. The van der Waals surface area contributed by atoms with Crippen molar-refractivity contribution in [2.75, 3.05) is 10.6 Å². The molecular weight excluding hydrogens is 343 g/mol. The Bertz CT molecular complexity index is 909. The molecule has 0 aliphatic carbocycles. The van der Waals surface area contributed by atoms with Crippen LogP contribution in [0.4, 0.5) is 30.4 Å². The zero-order chi connectivity index (χ0) is 18.5. The predicted octanol–water partition coefficient (Wildman–Crippen LogP) is 4.42. The van der Waals surface area contributed by atoms with Gasteiger partial charge in [-0.15, -0.1) is 0 Å². The average Bonchev–Trinajstić information content (AvgIpc) is 2.60. The highest BCUT2D eigenvalue weighted by Crippen LogP contribution is 2.22. The molecule has 0 saturated carbocycles. The largest absolute Gasteiger partial charge is 0.335 e. The normalized spacial score (nSPS) is 10.4. The SMILES string of the molecule is O=C(Cc1cccc(F)c1)Nc1ccc(Nc2c(F)cccc2F)nc1. The van der Waals surface area contributed by atoms with E-state index < -0.39 is 17.5 Å². The summed E-state index contributed by atoms with van der Waals surface area (Å²) in [7, 11) is 0. The van der Waals surface area contributed by atoms with Crippen LogP contribution in [-0.4, -0.2) is 10.9 Å². The number of halogens is 3. The van der Waals surface area contributed by atoms with E-state index >= 15 is 0 Å². The maximum atomic E-state index is 13.6. The third-order valence-electron chi connectivity index (χ3n) is 3.52. The van der Waals surface area contributed by atoms with Crippen LogP contribution in [0.1, 0.15) is 5.56 Å². The van der Waals surface area contributed by atoms with E-state index in [1.165, 1.54) is 42.6 Å². The summed E-state index contributed by atoms with van der Waals surface area (Å²) in [5.41, 5.74) is 0.651. The molecule has 7 heteroatoms. The van der Waals surface area contributed by atoms with Crippen LogP contribution in [0.3, 0.4) is 0 Å². The molecule has 2 aromatic carbocycles. The first-order chi connectivity index (χ1) is 12.5. The van der Waals surface area contributed by atoms with E-state index in [1.54, 1.807) is 6.07 Å². The van der Waals surface area contributed by atoms with Crippen molar-refractivity contribution in [3.63, 3.8) is 0 Å². The summed E-state index contributed by atoms with van der Waals surface area (Å²) in [5.74, 6) is -2.00. The molecule has 4 nitrogen and oxygen atoms in total. The van der Waals surface area contributed by atoms with Crippen molar-refractivity contribution in [2.45, 2.75) is 6.42 Å². The monoisotopic (exact) mass is 357 g/mol. The van der Waals surface area contributed by atoms with Gasteiger partial charge in [-0.3, -0.25) is 4.79 Å². The average molecular weight is 357 g/mol. The summed E-state index contributed by atoms with van der Waals surface area (Å²) in [6, 6.07) is 12.3. The summed E-state index contributed by atoms with van der Waals surface area (Å²) in [4.78, 5) is 16.0. The van der Waals surface area contributed by atoms with E-state index in [4.69, 9.17) is 0 Å². The van der Waals surface area contributed by atoms with Gasteiger partial charge in [-0.1, -0.05) is 18.2 Å². The number of nitrogens with zero attached hydrogens (tertiary/aromatic N) is 1. The number of rotatable bonds is 5. The van der Waals surface area contributed by atoms with Gasteiger partial charge in [-0.2, -0.15) is 0 Å². The quantitative estimate of drug-likeness (QED) is 0.711. The molecule has 3 aromatic rings. The number of carbonyl (C=O) groups is 1. The molecule has 1 aromatic heterocycles. The fraction of sp³-hybridized carbons (Fsp3) is 0.0526. The molecule has 0 saturated heterocycles. The summed E-state index contributed by atoms with van der Waals surface area (Å²) >= 11 is 0. The number of hydrogen-bond acceptors (Lipinski definition) is 3. The van der Waals surface area contributed by atoms with Gasteiger partial charge in [0.2, 0.25) is 5.91 Å². The molecule has 0 spiro atoms. The Labute approximate surface area is 147 Å². The smallest absolute Gasteiger partial charge is 0.228 e. The van der Waals surface area contributed by atoms with E-state index in [9.17, 15) is 18.0 Å². The second-order valence-corrected chi connectivity index (χ2v) is 5.51. The maximum Gasteiger partial charge on any atom is 0.228 e. The van der Waals surface area contributed by atoms with E-state index in [-0.39, 0.29) is 23.8 Å². The van der Waals surface area contributed by atoms with E-state index in [0.717, 1.165) is 12.1 Å². The fourth-order valence-corrected chi connectivity index (χ4v) is 2.32. The topological polar surface area (TPSA) is 54.0 Å². The van der Waals surface area contributed by atoms with Gasteiger partial charge in [0, 0.05) is 0 Å². The van der Waals surface area contributed by atoms with Gasteiger partial charge in [-0.25, -0.2) is 18.2 Å². The Morgan fingerprint density at radius 2 is 1.69 bits per heavy atom. The van der Waals surface area contributed by atoms with Gasteiger partial charge in [0.1, 0.15) is 29.0 Å². The zero-order valence-corrected chi connectivity index (χ0v) is 13.5. The summed E-state index contributed by atoms with van der Waals surface area (Å²) in [6.45, 7) is 0. The number of para-hydroxylation sites is 1. The highest BCUT2D eigenvalue weighted by atomic mass is 19.1. The van der Waals surface area contributed by atoms with Crippen LogP contribution in [0, 0.1) is 17.5 Å². The van der Waals surface area contributed by atoms with Gasteiger partial charge < -0.3 is 10.6 Å². The number of anilines is 3. The Morgan fingerprint density at radius 3 is 2.35 bits per heavy atom. The van der Waals surface area contributed by atoms with Gasteiger partial charge in [0.05, 0.1) is 18.3 Å². The molecule has 3 rings (SSSR count). The van der Waals surface area contributed by atoms with Crippen molar-refractivity contribution in [1.29, 1.82) is 0 Å². The summed E-state index contributed by atoms with van der Waals surface area (Å²) in [5, 5.41) is 5.18. The zero-order valence-electron chi connectivity index (χ0n) is 13.5.